The highest BCUT2D eigenvalue weighted by Gasteiger charge is 2.22. The zero-order chi connectivity index (χ0) is 13.2. The van der Waals surface area contributed by atoms with Gasteiger partial charge in [0.15, 0.2) is 0 Å². The number of nitro benzene ring substituents is 1. The van der Waals surface area contributed by atoms with Crippen LogP contribution in [0.5, 0.6) is 0 Å². The van der Waals surface area contributed by atoms with Crippen molar-refractivity contribution >= 4 is 16.5 Å². The van der Waals surface area contributed by atoms with Gasteiger partial charge in [0.2, 0.25) is 0 Å². The zero-order valence-corrected chi connectivity index (χ0v) is 10.7. The minimum atomic E-state index is -1.28. The Morgan fingerprint density at radius 3 is 2.47 bits per heavy atom. The summed E-state index contributed by atoms with van der Waals surface area (Å²) in [5.41, 5.74) is -0.0697. The summed E-state index contributed by atoms with van der Waals surface area (Å²) >= 11 is 0. The van der Waals surface area contributed by atoms with Crippen molar-refractivity contribution in [1.82, 2.24) is 0 Å². The van der Waals surface area contributed by atoms with Crippen LogP contribution in [0.4, 0.5) is 10.1 Å². The number of hydrogen-bond donors (Lipinski definition) is 0. The fraction of sp³-hybridized carbons (Fsp3) is 0.455. The van der Waals surface area contributed by atoms with Gasteiger partial charge in [0.1, 0.15) is 5.82 Å². The van der Waals surface area contributed by atoms with Crippen molar-refractivity contribution in [2.45, 2.75) is 31.3 Å². The van der Waals surface area contributed by atoms with E-state index in [1.165, 1.54) is 0 Å². The molecule has 0 amide bonds. The first kappa shape index (κ1) is 13.8. The van der Waals surface area contributed by atoms with Gasteiger partial charge in [-0.25, -0.2) is 4.39 Å². The number of benzene rings is 1. The third-order valence-corrected chi connectivity index (χ3v) is 4.15. The van der Waals surface area contributed by atoms with Crippen LogP contribution < -0.4 is 0 Å². The molecular weight excluding hydrogens is 245 g/mol. The second-order valence-corrected chi connectivity index (χ2v) is 6.84. The molecule has 0 N–H and O–H groups in total. The number of halogens is 1. The molecule has 0 bridgehead atoms. The quantitative estimate of drug-likeness (QED) is 0.619. The summed E-state index contributed by atoms with van der Waals surface area (Å²) in [6.45, 7) is 5.33. The molecule has 0 aliphatic carbocycles. The third kappa shape index (κ3) is 3.59. The first-order valence-electron chi connectivity index (χ1n) is 5.03. The summed E-state index contributed by atoms with van der Waals surface area (Å²) in [6, 6.07) is 3.27. The maximum Gasteiger partial charge on any atom is 0.269 e. The van der Waals surface area contributed by atoms with Gasteiger partial charge in [0.05, 0.1) is 10.7 Å². The number of nitro groups is 1. The molecule has 1 atom stereocenters. The van der Waals surface area contributed by atoms with Gasteiger partial charge in [-0.2, -0.15) is 0 Å². The van der Waals surface area contributed by atoms with E-state index < -0.39 is 26.3 Å². The molecule has 0 heterocycles. The SMILES string of the molecule is CC(C)(C)S(=O)Cc1cc([N+](=O)[O-])ccc1F. The molecule has 0 fully saturated rings. The molecule has 0 aliphatic rings. The van der Waals surface area contributed by atoms with Crippen molar-refractivity contribution in [3.05, 3.63) is 39.7 Å². The predicted molar refractivity (Wildman–Crippen MR) is 64.7 cm³/mol. The van der Waals surface area contributed by atoms with Crippen molar-refractivity contribution in [3.63, 3.8) is 0 Å². The Morgan fingerprint density at radius 1 is 1.41 bits per heavy atom. The van der Waals surface area contributed by atoms with Crippen LogP contribution in [0.2, 0.25) is 0 Å². The molecule has 6 heteroatoms. The highest BCUT2D eigenvalue weighted by Crippen LogP contribution is 2.21. The van der Waals surface area contributed by atoms with E-state index in [1.807, 2.05) is 0 Å². The summed E-state index contributed by atoms with van der Waals surface area (Å²) in [5, 5.41) is 10.6. The van der Waals surface area contributed by atoms with Gasteiger partial charge in [0, 0.05) is 33.2 Å². The monoisotopic (exact) mass is 259 g/mol. The average Bonchev–Trinajstić information content (AvgIpc) is 2.19. The first-order valence-corrected chi connectivity index (χ1v) is 6.35. The highest BCUT2D eigenvalue weighted by atomic mass is 32.2. The van der Waals surface area contributed by atoms with E-state index >= 15 is 0 Å². The number of nitrogens with zero attached hydrogens (tertiary/aromatic N) is 1. The molecule has 0 radical (unpaired) electrons. The van der Waals surface area contributed by atoms with Crippen molar-refractivity contribution in [2.75, 3.05) is 0 Å². The lowest BCUT2D eigenvalue weighted by Crippen LogP contribution is -2.23. The Balaban J connectivity index is 3.02. The van der Waals surface area contributed by atoms with Crippen molar-refractivity contribution in [3.8, 4) is 0 Å². The average molecular weight is 259 g/mol. The molecule has 4 nitrogen and oxygen atoms in total. The van der Waals surface area contributed by atoms with Crippen LogP contribution in [0.15, 0.2) is 18.2 Å². The highest BCUT2D eigenvalue weighted by molar-refractivity contribution is 7.85. The fourth-order valence-corrected chi connectivity index (χ4v) is 2.08. The largest absolute Gasteiger partial charge is 0.269 e. The lowest BCUT2D eigenvalue weighted by Gasteiger charge is -2.17. The summed E-state index contributed by atoms with van der Waals surface area (Å²) in [7, 11) is -1.28. The molecule has 0 spiro atoms. The van der Waals surface area contributed by atoms with Gasteiger partial charge in [0.25, 0.3) is 5.69 Å². The second-order valence-electron chi connectivity index (χ2n) is 4.64. The van der Waals surface area contributed by atoms with E-state index in [2.05, 4.69) is 0 Å². The molecule has 0 saturated heterocycles. The lowest BCUT2D eigenvalue weighted by molar-refractivity contribution is -0.385. The van der Waals surface area contributed by atoms with E-state index in [0.29, 0.717) is 0 Å². The molecule has 1 unspecified atom stereocenters. The Labute approximate surface area is 101 Å². The fourth-order valence-electron chi connectivity index (χ4n) is 1.14. The topological polar surface area (TPSA) is 60.2 Å². The number of hydrogen-bond acceptors (Lipinski definition) is 3. The predicted octanol–water partition coefficient (Wildman–Crippen LogP) is 2.78. The van der Waals surface area contributed by atoms with E-state index in [1.54, 1.807) is 20.8 Å². The van der Waals surface area contributed by atoms with Gasteiger partial charge in [-0.15, -0.1) is 0 Å². The minimum Gasteiger partial charge on any atom is -0.259 e. The van der Waals surface area contributed by atoms with Gasteiger partial charge in [-0.3, -0.25) is 14.3 Å². The van der Waals surface area contributed by atoms with Crippen molar-refractivity contribution in [1.29, 1.82) is 0 Å². The number of non-ortho nitro benzene ring substituents is 1. The Hall–Kier alpha value is -1.30. The van der Waals surface area contributed by atoms with Crippen molar-refractivity contribution < 1.29 is 13.5 Å². The molecule has 0 saturated carbocycles. The van der Waals surface area contributed by atoms with Gasteiger partial charge in [-0.05, 0) is 26.8 Å². The second kappa shape index (κ2) is 4.91. The normalized spacial score (nSPS) is 13.4. The molecule has 0 aliphatic heterocycles. The Bertz CT molecular complexity index is 468. The van der Waals surface area contributed by atoms with E-state index in [-0.39, 0.29) is 17.0 Å². The lowest BCUT2D eigenvalue weighted by atomic mass is 10.2. The standard InChI is InChI=1S/C11H14FNO3S/c1-11(2,3)17(16)7-8-6-9(13(14)15)4-5-10(8)12/h4-6H,7H2,1-3H3. The molecular formula is C11H14FNO3S. The Kier molecular flexibility index (Phi) is 3.98. The molecule has 1 aromatic carbocycles. The van der Waals surface area contributed by atoms with Gasteiger partial charge >= 0.3 is 0 Å². The minimum absolute atomic E-state index is 0.0169. The smallest absolute Gasteiger partial charge is 0.259 e. The van der Waals surface area contributed by atoms with Crippen molar-refractivity contribution in [2.24, 2.45) is 0 Å². The summed E-state index contributed by atoms with van der Waals surface area (Å²) < 4.78 is 24.8. The summed E-state index contributed by atoms with van der Waals surface area (Å²) in [4.78, 5) is 9.96. The van der Waals surface area contributed by atoms with Crippen LogP contribution in [0, 0.1) is 15.9 Å². The maximum atomic E-state index is 13.4. The summed E-state index contributed by atoms with van der Waals surface area (Å²) in [5.74, 6) is -0.579. The molecule has 1 rings (SSSR count). The van der Waals surface area contributed by atoms with Gasteiger partial charge in [-0.1, -0.05) is 0 Å². The maximum absolute atomic E-state index is 13.4. The van der Waals surface area contributed by atoms with Crippen LogP contribution >= 0.6 is 0 Å². The van der Waals surface area contributed by atoms with Crippen LogP contribution in [0.1, 0.15) is 26.3 Å². The third-order valence-electron chi connectivity index (χ3n) is 2.21. The molecule has 17 heavy (non-hydrogen) atoms. The molecule has 94 valence electrons. The Morgan fingerprint density at radius 2 is 2.00 bits per heavy atom. The van der Waals surface area contributed by atoms with E-state index in [4.69, 9.17) is 0 Å². The molecule has 0 aromatic heterocycles. The van der Waals surface area contributed by atoms with Crippen LogP contribution in [-0.4, -0.2) is 13.9 Å². The van der Waals surface area contributed by atoms with Crippen LogP contribution in [0.3, 0.4) is 0 Å². The van der Waals surface area contributed by atoms with E-state index in [9.17, 15) is 18.7 Å². The molecule has 1 aromatic rings. The summed E-state index contributed by atoms with van der Waals surface area (Å²) in [6.07, 6.45) is 0. The number of rotatable bonds is 3. The van der Waals surface area contributed by atoms with Crippen LogP contribution in [0.25, 0.3) is 0 Å². The first-order chi connectivity index (χ1) is 7.71. The van der Waals surface area contributed by atoms with E-state index in [0.717, 1.165) is 18.2 Å². The van der Waals surface area contributed by atoms with Crippen LogP contribution in [-0.2, 0) is 16.6 Å². The zero-order valence-electron chi connectivity index (χ0n) is 9.90. The van der Waals surface area contributed by atoms with Gasteiger partial charge < -0.3 is 0 Å².